The molecule has 3 N–H and O–H groups in total. The van der Waals surface area contributed by atoms with Crippen LogP contribution in [0.2, 0.25) is 0 Å². The molecule has 1 aromatic heterocycles. The first-order chi connectivity index (χ1) is 8.56. The number of aromatic nitrogens is 1. The average molecular weight is 249 g/mol. The van der Waals surface area contributed by atoms with Crippen LogP contribution in [-0.2, 0) is 6.54 Å². The SMILES string of the molecule is Cc1cccc(CNc2cc(F)cc(F)c2N)n1. The molecule has 0 aliphatic carbocycles. The van der Waals surface area contributed by atoms with Crippen LogP contribution in [0.3, 0.4) is 0 Å². The molecular formula is C13H13F2N3. The molecule has 5 heteroatoms. The van der Waals surface area contributed by atoms with Crippen molar-refractivity contribution < 1.29 is 8.78 Å². The number of nitrogen functional groups attached to an aromatic ring is 1. The average Bonchev–Trinajstić information content (AvgIpc) is 2.32. The first kappa shape index (κ1) is 12.3. The number of aryl methyl sites for hydroxylation is 1. The van der Waals surface area contributed by atoms with Crippen LogP contribution in [0.1, 0.15) is 11.4 Å². The second kappa shape index (κ2) is 5.00. The van der Waals surface area contributed by atoms with Crippen LogP contribution in [0.5, 0.6) is 0 Å². The van der Waals surface area contributed by atoms with Gasteiger partial charge in [-0.05, 0) is 25.1 Å². The van der Waals surface area contributed by atoms with Crippen molar-refractivity contribution in [1.29, 1.82) is 0 Å². The first-order valence-corrected chi connectivity index (χ1v) is 5.47. The highest BCUT2D eigenvalue weighted by Gasteiger charge is 2.08. The summed E-state index contributed by atoms with van der Waals surface area (Å²) < 4.78 is 26.3. The van der Waals surface area contributed by atoms with Gasteiger partial charge in [-0.2, -0.15) is 0 Å². The van der Waals surface area contributed by atoms with Crippen molar-refractivity contribution in [2.75, 3.05) is 11.1 Å². The molecule has 0 aliphatic heterocycles. The van der Waals surface area contributed by atoms with Gasteiger partial charge in [0.25, 0.3) is 0 Å². The Morgan fingerprint density at radius 1 is 1.28 bits per heavy atom. The van der Waals surface area contributed by atoms with E-state index < -0.39 is 11.6 Å². The fourth-order valence-corrected chi connectivity index (χ4v) is 1.61. The van der Waals surface area contributed by atoms with E-state index in [4.69, 9.17) is 5.73 Å². The fraction of sp³-hybridized carbons (Fsp3) is 0.154. The highest BCUT2D eigenvalue weighted by atomic mass is 19.1. The van der Waals surface area contributed by atoms with Crippen molar-refractivity contribution in [2.24, 2.45) is 0 Å². The highest BCUT2D eigenvalue weighted by molar-refractivity contribution is 5.66. The summed E-state index contributed by atoms with van der Waals surface area (Å²) in [5.74, 6) is -1.43. The fourth-order valence-electron chi connectivity index (χ4n) is 1.61. The van der Waals surface area contributed by atoms with Crippen molar-refractivity contribution in [2.45, 2.75) is 13.5 Å². The largest absolute Gasteiger partial charge is 0.395 e. The third kappa shape index (κ3) is 2.74. The summed E-state index contributed by atoms with van der Waals surface area (Å²) >= 11 is 0. The van der Waals surface area contributed by atoms with Crippen LogP contribution < -0.4 is 11.1 Å². The monoisotopic (exact) mass is 249 g/mol. The predicted octanol–water partition coefficient (Wildman–Crippen LogP) is 2.86. The molecule has 0 bridgehead atoms. The summed E-state index contributed by atoms with van der Waals surface area (Å²) in [5.41, 5.74) is 7.32. The van der Waals surface area contributed by atoms with Gasteiger partial charge in [0.1, 0.15) is 5.82 Å². The number of pyridine rings is 1. The van der Waals surface area contributed by atoms with E-state index in [-0.39, 0.29) is 11.4 Å². The van der Waals surface area contributed by atoms with E-state index in [1.165, 1.54) is 0 Å². The maximum absolute atomic E-state index is 13.2. The summed E-state index contributed by atoms with van der Waals surface area (Å²) in [4.78, 5) is 4.27. The number of hydrogen-bond acceptors (Lipinski definition) is 3. The molecule has 18 heavy (non-hydrogen) atoms. The van der Waals surface area contributed by atoms with Crippen molar-refractivity contribution >= 4 is 11.4 Å². The molecule has 0 radical (unpaired) electrons. The van der Waals surface area contributed by atoms with Gasteiger partial charge in [0.05, 0.1) is 23.6 Å². The molecule has 1 aromatic carbocycles. The van der Waals surface area contributed by atoms with E-state index >= 15 is 0 Å². The van der Waals surface area contributed by atoms with Gasteiger partial charge in [0.2, 0.25) is 0 Å². The third-order valence-electron chi connectivity index (χ3n) is 2.50. The lowest BCUT2D eigenvalue weighted by molar-refractivity contribution is 0.587. The molecule has 2 aromatic rings. The van der Waals surface area contributed by atoms with Crippen LogP contribution in [0.15, 0.2) is 30.3 Å². The van der Waals surface area contributed by atoms with Gasteiger partial charge < -0.3 is 11.1 Å². The Morgan fingerprint density at radius 2 is 2.06 bits per heavy atom. The summed E-state index contributed by atoms with van der Waals surface area (Å²) in [7, 11) is 0. The molecule has 0 saturated carbocycles. The number of halogens is 2. The smallest absolute Gasteiger partial charge is 0.151 e. The van der Waals surface area contributed by atoms with Crippen LogP contribution in [0.25, 0.3) is 0 Å². The lowest BCUT2D eigenvalue weighted by Crippen LogP contribution is -2.06. The molecule has 0 fully saturated rings. The minimum Gasteiger partial charge on any atom is -0.395 e. The van der Waals surface area contributed by atoms with E-state index in [9.17, 15) is 8.78 Å². The van der Waals surface area contributed by atoms with Crippen LogP contribution in [0.4, 0.5) is 20.2 Å². The Bertz CT molecular complexity index is 570. The molecule has 0 atom stereocenters. The summed E-state index contributed by atoms with van der Waals surface area (Å²) in [6.07, 6.45) is 0. The predicted molar refractivity (Wildman–Crippen MR) is 67.1 cm³/mol. The Hall–Kier alpha value is -2.17. The lowest BCUT2D eigenvalue weighted by Gasteiger charge is -2.10. The molecule has 0 amide bonds. The number of rotatable bonds is 3. The Kier molecular flexibility index (Phi) is 3.41. The third-order valence-corrected chi connectivity index (χ3v) is 2.50. The number of nitrogens with one attached hydrogen (secondary N) is 1. The van der Waals surface area contributed by atoms with Gasteiger partial charge in [-0.15, -0.1) is 0 Å². The Labute approximate surface area is 104 Å². The second-order valence-corrected chi connectivity index (χ2v) is 3.97. The number of hydrogen-bond donors (Lipinski definition) is 2. The second-order valence-electron chi connectivity index (χ2n) is 3.97. The number of nitrogens with zero attached hydrogens (tertiary/aromatic N) is 1. The normalized spacial score (nSPS) is 10.4. The molecule has 0 unspecified atom stereocenters. The quantitative estimate of drug-likeness (QED) is 0.822. The standard InChI is InChI=1S/C13H13F2N3/c1-8-3-2-4-10(18-8)7-17-12-6-9(14)5-11(15)13(12)16/h2-6,17H,7,16H2,1H3. The minimum atomic E-state index is -0.769. The van der Waals surface area contributed by atoms with Crippen molar-refractivity contribution in [3.8, 4) is 0 Å². The van der Waals surface area contributed by atoms with E-state index in [1.807, 2.05) is 25.1 Å². The summed E-state index contributed by atoms with van der Waals surface area (Å²) in [6, 6.07) is 7.49. The van der Waals surface area contributed by atoms with E-state index in [0.29, 0.717) is 6.54 Å². The number of nitrogens with two attached hydrogens (primary N) is 1. The van der Waals surface area contributed by atoms with Gasteiger partial charge in [0.15, 0.2) is 5.82 Å². The molecule has 0 aliphatic rings. The number of anilines is 2. The first-order valence-electron chi connectivity index (χ1n) is 5.47. The summed E-state index contributed by atoms with van der Waals surface area (Å²) in [5, 5.41) is 2.87. The van der Waals surface area contributed by atoms with Gasteiger partial charge in [-0.25, -0.2) is 8.78 Å². The zero-order valence-electron chi connectivity index (χ0n) is 9.87. The van der Waals surface area contributed by atoms with E-state index in [2.05, 4.69) is 10.3 Å². The minimum absolute atomic E-state index is 0.0935. The molecule has 0 spiro atoms. The maximum Gasteiger partial charge on any atom is 0.151 e. The van der Waals surface area contributed by atoms with Crippen LogP contribution in [0, 0.1) is 18.6 Å². The van der Waals surface area contributed by atoms with Gasteiger partial charge in [-0.3, -0.25) is 4.98 Å². The Balaban J connectivity index is 2.15. The van der Waals surface area contributed by atoms with Crippen molar-refractivity contribution in [1.82, 2.24) is 4.98 Å². The lowest BCUT2D eigenvalue weighted by atomic mass is 10.2. The van der Waals surface area contributed by atoms with Crippen LogP contribution in [-0.4, -0.2) is 4.98 Å². The highest BCUT2D eigenvalue weighted by Crippen LogP contribution is 2.23. The van der Waals surface area contributed by atoms with E-state index in [0.717, 1.165) is 23.5 Å². The topological polar surface area (TPSA) is 50.9 Å². The molecule has 3 nitrogen and oxygen atoms in total. The Morgan fingerprint density at radius 3 is 2.78 bits per heavy atom. The van der Waals surface area contributed by atoms with Crippen LogP contribution >= 0.6 is 0 Å². The van der Waals surface area contributed by atoms with Gasteiger partial charge in [-0.1, -0.05) is 6.07 Å². The van der Waals surface area contributed by atoms with Crippen molar-refractivity contribution in [3.63, 3.8) is 0 Å². The molecule has 94 valence electrons. The maximum atomic E-state index is 13.2. The molecule has 0 saturated heterocycles. The molecular weight excluding hydrogens is 236 g/mol. The summed E-state index contributed by atoms with van der Waals surface area (Å²) in [6.45, 7) is 2.23. The number of benzene rings is 1. The zero-order valence-corrected chi connectivity index (χ0v) is 9.87. The van der Waals surface area contributed by atoms with Gasteiger partial charge in [0, 0.05) is 11.8 Å². The van der Waals surface area contributed by atoms with Gasteiger partial charge >= 0.3 is 0 Å². The molecule has 2 rings (SSSR count). The zero-order chi connectivity index (χ0) is 13.1. The van der Waals surface area contributed by atoms with Crippen molar-refractivity contribution in [3.05, 3.63) is 53.4 Å². The molecule has 1 heterocycles. The van der Waals surface area contributed by atoms with E-state index in [1.54, 1.807) is 0 Å².